The van der Waals surface area contributed by atoms with Crippen molar-refractivity contribution in [3.05, 3.63) is 0 Å². The highest BCUT2D eigenvalue weighted by molar-refractivity contribution is 5.83. The Morgan fingerprint density at radius 1 is 1.40 bits per heavy atom. The molecule has 116 valence electrons. The Morgan fingerprint density at radius 2 is 2.15 bits per heavy atom. The van der Waals surface area contributed by atoms with E-state index in [1.54, 1.807) is 0 Å². The van der Waals surface area contributed by atoms with Crippen LogP contribution in [0.2, 0.25) is 0 Å². The second-order valence-electron chi connectivity index (χ2n) is 6.75. The van der Waals surface area contributed by atoms with Gasteiger partial charge < -0.3 is 15.5 Å². The topological polar surface area (TPSA) is 44.4 Å². The number of carbonyl (C=O) groups is 1. The Balaban J connectivity index is 1.71. The summed E-state index contributed by atoms with van der Waals surface area (Å²) >= 11 is 0. The lowest BCUT2D eigenvalue weighted by atomic mass is 9.81. The van der Waals surface area contributed by atoms with Gasteiger partial charge in [0.1, 0.15) is 0 Å². The van der Waals surface area contributed by atoms with Crippen molar-refractivity contribution in [1.82, 2.24) is 15.5 Å². The Morgan fingerprint density at radius 3 is 2.75 bits per heavy atom. The standard InChI is InChI=1S/C16H31N3O/c1-3-7-16(8-10-17-13-16)15(20)18-9-4-14-5-11-19(2)12-6-14/h14,17H,3-13H2,1-2H3,(H,18,20). The van der Waals surface area contributed by atoms with E-state index in [-0.39, 0.29) is 11.3 Å². The van der Waals surface area contributed by atoms with E-state index in [0.717, 1.165) is 51.2 Å². The molecule has 2 heterocycles. The van der Waals surface area contributed by atoms with Crippen LogP contribution < -0.4 is 10.6 Å². The molecule has 1 unspecified atom stereocenters. The molecule has 2 aliphatic rings. The van der Waals surface area contributed by atoms with Gasteiger partial charge >= 0.3 is 0 Å². The van der Waals surface area contributed by atoms with Gasteiger partial charge in [0.25, 0.3) is 0 Å². The zero-order chi connectivity index (χ0) is 14.4. The monoisotopic (exact) mass is 281 g/mol. The fourth-order valence-electron chi connectivity index (χ4n) is 3.67. The molecule has 0 aromatic carbocycles. The summed E-state index contributed by atoms with van der Waals surface area (Å²) in [5, 5.41) is 6.57. The van der Waals surface area contributed by atoms with Crippen LogP contribution in [0.5, 0.6) is 0 Å². The van der Waals surface area contributed by atoms with Gasteiger partial charge in [-0.3, -0.25) is 4.79 Å². The first-order chi connectivity index (χ1) is 9.66. The predicted molar refractivity (Wildman–Crippen MR) is 82.7 cm³/mol. The summed E-state index contributed by atoms with van der Waals surface area (Å²) in [4.78, 5) is 14.9. The van der Waals surface area contributed by atoms with Gasteiger partial charge in [-0.25, -0.2) is 0 Å². The van der Waals surface area contributed by atoms with Gasteiger partial charge in [0.05, 0.1) is 5.41 Å². The second-order valence-corrected chi connectivity index (χ2v) is 6.75. The molecule has 1 amide bonds. The van der Waals surface area contributed by atoms with E-state index in [2.05, 4.69) is 29.5 Å². The normalized spacial score (nSPS) is 28.7. The van der Waals surface area contributed by atoms with Crippen molar-refractivity contribution in [3.8, 4) is 0 Å². The Hall–Kier alpha value is -0.610. The minimum Gasteiger partial charge on any atom is -0.356 e. The molecule has 2 rings (SSSR count). The van der Waals surface area contributed by atoms with Crippen LogP contribution in [0.15, 0.2) is 0 Å². The third-order valence-electron chi connectivity index (χ3n) is 5.13. The van der Waals surface area contributed by atoms with Gasteiger partial charge in [0.15, 0.2) is 0 Å². The molecule has 2 N–H and O–H groups in total. The third-order valence-corrected chi connectivity index (χ3v) is 5.13. The van der Waals surface area contributed by atoms with Gasteiger partial charge in [-0.1, -0.05) is 13.3 Å². The van der Waals surface area contributed by atoms with Crippen LogP contribution in [0.1, 0.15) is 45.4 Å². The first-order valence-corrected chi connectivity index (χ1v) is 8.34. The number of piperidine rings is 1. The summed E-state index contributed by atoms with van der Waals surface area (Å²) in [6.45, 7) is 7.30. The van der Waals surface area contributed by atoms with Crippen LogP contribution >= 0.6 is 0 Å². The van der Waals surface area contributed by atoms with Crippen molar-refractivity contribution in [3.63, 3.8) is 0 Å². The van der Waals surface area contributed by atoms with Crippen molar-refractivity contribution in [2.75, 3.05) is 39.8 Å². The largest absolute Gasteiger partial charge is 0.356 e. The zero-order valence-electron chi connectivity index (χ0n) is 13.2. The number of nitrogens with one attached hydrogen (secondary N) is 2. The van der Waals surface area contributed by atoms with E-state index >= 15 is 0 Å². The van der Waals surface area contributed by atoms with Gasteiger partial charge in [0, 0.05) is 13.1 Å². The summed E-state index contributed by atoms with van der Waals surface area (Å²) in [6, 6.07) is 0. The van der Waals surface area contributed by atoms with Crippen LogP contribution in [-0.2, 0) is 4.79 Å². The summed E-state index contributed by atoms with van der Waals surface area (Å²) in [5.74, 6) is 1.09. The average molecular weight is 281 g/mol. The third kappa shape index (κ3) is 3.95. The van der Waals surface area contributed by atoms with E-state index in [0.29, 0.717) is 0 Å². The summed E-state index contributed by atoms with van der Waals surface area (Å²) < 4.78 is 0. The molecular weight excluding hydrogens is 250 g/mol. The van der Waals surface area contributed by atoms with Crippen molar-refractivity contribution >= 4 is 5.91 Å². The van der Waals surface area contributed by atoms with E-state index in [1.165, 1.54) is 25.9 Å². The highest BCUT2D eigenvalue weighted by atomic mass is 16.2. The van der Waals surface area contributed by atoms with Gasteiger partial charge in [-0.05, 0) is 64.7 Å². The van der Waals surface area contributed by atoms with Crippen molar-refractivity contribution in [1.29, 1.82) is 0 Å². The molecule has 0 radical (unpaired) electrons. The molecule has 20 heavy (non-hydrogen) atoms. The molecule has 0 bridgehead atoms. The molecular formula is C16H31N3O. The van der Waals surface area contributed by atoms with E-state index in [4.69, 9.17) is 0 Å². The Labute approximate surface area is 123 Å². The zero-order valence-corrected chi connectivity index (χ0v) is 13.2. The lowest BCUT2D eigenvalue weighted by molar-refractivity contribution is -0.130. The molecule has 0 spiro atoms. The van der Waals surface area contributed by atoms with E-state index in [1.807, 2.05) is 0 Å². The second kappa shape index (κ2) is 7.41. The number of carbonyl (C=O) groups excluding carboxylic acids is 1. The Kier molecular flexibility index (Phi) is 5.85. The first kappa shape index (κ1) is 15.8. The minimum atomic E-state index is -0.123. The number of nitrogens with zero attached hydrogens (tertiary/aromatic N) is 1. The van der Waals surface area contributed by atoms with Gasteiger partial charge in [-0.2, -0.15) is 0 Å². The average Bonchev–Trinajstić information content (AvgIpc) is 2.91. The number of hydrogen-bond donors (Lipinski definition) is 2. The maximum absolute atomic E-state index is 12.5. The molecule has 4 heteroatoms. The molecule has 0 saturated carbocycles. The number of rotatable bonds is 6. The number of amides is 1. The predicted octanol–water partition coefficient (Wildman–Crippen LogP) is 1.61. The lowest BCUT2D eigenvalue weighted by Crippen LogP contribution is -2.43. The van der Waals surface area contributed by atoms with Crippen molar-refractivity contribution < 1.29 is 4.79 Å². The fourth-order valence-corrected chi connectivity index (χ4v) is 3.67. The van der Waals surface area contributed by atoms with Crippen LogP contribution in [-0.4, -0.2) is 50.6 Å². The highest BCUT2D eigenvalue weighted by Crippen LogP contribution is 2.31. The summed E-state index contributed by atoms with van der Waals surface area (Å²) in [7, 11) is 2.19. The maximum atomic E-state index is 12.5. The van der Waals surface area contributed by atoms with Crippen molar-refractivity contribution in [2.45, 2.75) is 45.4 Å². The Bertz CT molecular complexity index is 305. The molecule has 0 aromatic heterocycles. The SMILES string of the molecule is CCCC1(C(=O)NCCC2CCN(C)CC2)CCNC1. The summed E-state index contributed by atoms with van der Waals surface area (Å²) in [6.07, 6.45) is 6.82. The molecule has 4 nitrogen and oxygen atoms in total. The molecule has 0 aliphatic carbocycles. The molecule has 2 aliphatic heterocycles. The van der Waals surface area contributed by atoms with Crippen LogP contribution in [0.25, 0.3) is 0 Å². The molecule has 1 atom stereocenters. The maximum Gasteiger partial charge on any atom is 0.227 e. The summed E-state index contributed by atoms with van der Waals surface area (Å²) in [5.41, 5.74) is -0.123. The smallest absolute Gasteiger partial charge is 0.227 e. The lowest BCUT2D eigenvalue weighted by Gasteiger charge is -2.30. The molecule has 2 fully saturated rings. The van der Waals surface area contributed by atoms with E-state index < -0.39 is 0 Å². The number of likely N-dealkylation sites (tertiary alicyclic amines) is 1. The van der Waals surface area contributed by atoms with Crippen molar-refractivity contribution in [2.24, 2.45) is 11.3 Å². The van der Waals surface area contributed by atoms with Crippen LogP contribution in [0, 0.1) is 11.3 Å². The van der Waals surface area contributed by atoms with Gasteiger partial charge in [-0.15, -0.1) is 0 Å². The minimum absolute atomic E-state index is 0.123. The van der Waals surface area contributed by atoms with Crippen LogP contribution in [0.3, 0.4) is 0 Å². The first-order valence-electron chi connectivity index (χ1n) is 8.34. The van der Waals surface area contributed by atoms with Crippen LogP contribution in [0.4, 0.5) is 0 Å². The molecule has 2 saturated heterocycles. The quantitative estimate of drug-likeness (QED) is 0.777. The number of hydrogen-bond acceptors (Lipinski definition) is 3. The van der Waals surface area contributed by atoms with Gasteiger partial charge in [0.2, 0.25) is 5.91 Å². The highest BCUT2D eigenvalue weighted by Gasteiger charge is 2.39. The van der Waals surface area contributed by atoms with E-state index in [9.17, 15) is 4.79 Å². The molecule has 0 aromatic rings. The fraction of sp³-hybridized carbons (Fsp3) is 0.938.